The third-order valence-corrected chi connectivity index (χ3v) is 3.42. The van der Waals surface area contributed by atoms with Crippen molar-refractivity contribution in [1.29, 1.82) is 0 Å². The largest absolute Gasteiger partial charge is 0.334 e. The summed E-state index contributed by atoms with van der Waals surface area (Å²) in [6.07, 6.45) is 0. The standard InChI is InChI=1S/C13H14F2N4O.ClH/c1-19-5-4-16-7-11(19)12-17-13(20-18-12)8-2-3-9(14)10(15)6-8;/h2-3,6,11,16H,4-5,7H2,1H3;1H. The van der Waals surface area contributed by atoms with Gasteiger partial charge in [-0.1, -0.05) is 5.16 Å². The van der Waals surface area contributed by atoms with Gasteiger partial charge in [-0.2, -0.15) is 4.98 Å². The van der Waals surface area contributed by atoms with Gasteiger partial charge >= 0.3 is 0 Å². The summed E-state index contributed by atoms with van der Waals surface area (Å²) in [5, 5.41) is 7.19. The highest BCUT2D eigenvalue weighted by Crippen LogP contribution is 2.23. The molecule has 1 unspecified atom stereocenters. The van der Waals surface area contributed by atoms with E-state index in [1.54, 1.807) is 0 Å². The van der Waals surface area contributed by atoms with Crippen molar-refractivity contribution in [3.63, 3.8) is 0 Å². The molecule has 1 aromatic heterocycles. The molecule has 8 heteroatoms. The fraction of sp³-hybridized carbons (Fsp3) is 0.385. The van der Waals surface area contributed by atoms with E-state index >= 15 is 0 Å². The number of hydrogen-bond donors (Lipinski definition) is 1. The van der Waals surface area contributed by atoms with Crippen molar-refractivity contribution >= 4 is 12.4 Å². The second kappa shape index (κ2) is 6.46. The minimum Gasteiger partial charge on any atom is -0.334 e. The lowest BCUT2D eigenvalue weighted by Crippen LogP contribution is -2.44. The van der Waals surface area contributed by atoms with Gasteiger partial charge in [0.25, 0.3) is 5.89 Å². The summed E-state index contributed by atoms with van der Waals surface area (Å²) < 4.78 is 31.3. The molecule has 114 valence electrons. The molecule has 1 atom stereocenters. The lowest BCUT2D eigenvalue weighted by Gasteiger charge is -2.30. The van der Waals surface area contributed by atoms with Crippen LogP contribution in [0.3, 0.4) is 0 Å². The Labute approximate surface area is 126 Å². The van der Waals surface area contributed by atoms with Crippen LogP contribution in [0.4, 0.5) is 8.78 Å². The molecule has 21 heavy (non-hydrogen) atoms. The van der Waals surface area contributed by atoms with E-state index in [1.165, 1.54) is 6.07 Å². The van der Waals surface area contributed by atoms with Gasteiger partial charge in [-0.25, -0.2) is 8.78 Å². The number of rotatable bonds is 2. The first-order valence-corrected chi connectivity index (χ1v) is 6.35. The molecule has 1 aliphatic heterocycles. The van der Waals surface area contributed by atoms with Crippen LogP contribution in [0.5, 0.6) is 0 Å². The molecule has 0 aliphatic carbocycles. The zero-order chi connectivity index (χ0) is 14.1. The first kappa shape index (κ1) is 15.8. The zero-order valence-electron chi connectivity index (χ0n) is 11.3. The second-order valence-electron chi connectivity index (χ2n) is 4.79. The average Bonchev–Trinajstić information content (AvgIpc) is 2.92. The first-order chi connectivity index (χ1) is 9.65. The highest BCUT2D eigenvalue weighted by molar-refractivity contribution is 5.85. The van der Waals surface area contributed by atoms with Crippen LogP contribution >= 0.6 is 12.4 Å². The Kier molecular flexibility index (Phi) is 4.87. The van der Waals surface area contributed by atoms with Crippen molar-refractivity contribution < 1.29 is 13.3 Å². The van der Waals surface area contributed by atoms with Gasteiger partial charge in [-0.15, -0.1) is 12.4 Å². The van der Waals surface area contributed by atoms with E-state index in [0.717, 1.165) is 31.8 Å². The molecule has 0 saturated carbocycles. The molecule has 0 radical (unpaired) electrons. The molecule has 5 nitrogen and oxygen atoms in total. The fourth-order valence-corrected chi connectivity index (χ4v) is 2.21. The molecule has 2 heterocycles. The highest BCUT2D eigenvalue weighted by atomic mass is 35.5. The molecule has 0 amide bonds. The van der Waals surface area contributed by atoms with Crippen LogP contribution in [0.15, 0.2) is 22.7 Å². The van der Waals surface area contributed by atoms with E-state index in [-0.39, 0.29) is 24.3 Å². The van der Waals surface area contributed by atoms with Crippen molar-refractivity contribution in [2.45, 2.75) is 6.04 Å². The maximum Gasteiger partial charge on any atom is 0.258 e. The van der Waals surface area contributed by atoms with E-state index in [1.807, 2.05) is 7.05 Å². The number of hydrogen-bond acceptors (Lipinski definition) is 5. The van der Waals surface area contributed by atoms with Gasteiger partial charge < -0.3 is 9.84 Å². The molecule has 0 bridgehead atoms. The molecule has 1 aliphatic rings. The van der Waals surface area contributed by atoms with Gasteiger partial charge in [0.1, 0.15) is 0 Å². The SMILES string of the molecule is CN1CCNCC1c1noc(-c2ccc(F)c(F)c2)n1.Cl. The van der Waals surface area contributed by atoms with Crippen LogP contribution in [-0.2, 0) is 0 Å². The van der Waals surface area contributed by atoms with Gasteiger partial charge in [0.2, 0.25) is 0 Å². The average molecular weight is 317 g/mol. The van der Waals surface area contributed by atoms with Gasteiger partial charge in [0, 0.05) is 25.2 Å². The van der Waals surface area contributed by atoms with Crippen LogP contribution in [0.1, 0.15) is 11.9 Å². The molecule has 1 aromatic carbocycles. The normalized spacial score (nSPS) is 19.3. The van der Waals surface area contributed by atoms with E-state index in [9.17, 15) is 8.78 Å². The summed E-state index contributed by atoms with van der Waals surface area (Å²) in [6, 6.07) is 3.53. The molecule has 2 aromatic rings. The Hall–Kier alpha value is -1.57. The summed E-state index contributed by atoms with van der Waals surface area (Å²) >= 11 is 0. The molecular weight excluding hydrogens is 302 g/mol. The third kappa shape index (κ3) is 3.20. The van der Waals surface area contributed by atoms with Crippen molar-refractivity contribution in [2.24, 2.45) is 0 Å². The number of aromatic nitrogens is 2. The molecular formula is C13H15ClF2N4O. The minimum atomic E-state index is -0.932. The molecule has 1 N–H and O–H groups in total. The lowest BCUT2D eigenvalue weighted by atomic mass is 10.2. The van der Waals surface area contributed by atoms with Gasteiger partial charge in [-0.3, -0.25) is 4.90 Å². The Morgan fingerprint density at radius 1 is 1.33 bits per heavy atom. The van der Waals surface area contributed by atoms with Crippen LogP contribution < -0.4 is 5.32 Å². The Balaban J connectivity index is 0.00000161. The van der Waals surface area contributed by atoms with Gasteiger partial charge in [0.15, 0.2) is 17.5 Å². The summed E-state index contributed by atoms with van der Waals surface area (Å²) in [4.78, 5) is 6.40. The predicted octanol–water partition coefficient (Wildman–Crippen LogP) is 2.01. The monoisotopic (exact) mass is 316 g/mol. The zero-order valence-corrected chi connectivity index (χ0v) is 12.2. The lowest BCUT2D eigenvalue weighted by molar-refractivity contribution is 0.190. The predicted molar refractivity (Wildman–Crippen MR) is 75.1 cm³/mol. The molecule has 1 fully saturated rings. The number of piperazine rings is 1. The maximum absolute atomic E-state index is 13.2. The number of likely N-dealkylation sites (N-methyl/N-ethyl adjacent to an activating group) is 1. The van der Waals surface area contributed by atoms with Crippen LogP contribution in [0.2, 0.25) is 0 Å². The van der Waals surface area contributed by atoms with Crippen molar-refractivity contribution in [3.05, 3.63) is 35.7 Å². The highest BCUT2D eigenvalue weighted by Gasteiger charge is 2.25. The van der Waals surface area contributed by atoms with E-state index in [2.05, 4.69) is 20.4 Å². The van der Waals surface area contributed by atoms with Gasteiger partial charge in [-0.05, 0) is 25.2 Å². The Bertz CT molecular complexity index is 622. The second-order valence-corrected chi connectivity index (χ2v) is 4.79. The van der Waals surface area contributed by atoms with E-state index in [0.29, 0.717) is 11.4 Å². The van der Waals surface area contributed by atoms with E-state index < -0.39 is 11.6 Å². The first-order valence-electron chi connectivity index (χ1n) is 6.35. The van der Waals surface area contributed by atoms with Crippen molar-refractivity contribution in [3.8, 4) is 11.5 Å². The minimum absolute atomic E-state index is 0. The number of halogens is 3. The number of nitrogens with one attached hydrogen (secondary N) is 1. The quantitative estimate of drug-likeness (QED) is 0.918. The topological polar surface area (TPSA) is 54.2 Å². The summed E-state index contributed by atoms with van der Waals surface area (Å²) in [7, 11) is 1.99. The molecule has 3 rings (SSSR count). The molecule has 1 saturated heterocycles. The van der Waals surface area contributed by atoms with Crippen LogP contribution in [0, 0.1) is 11.6 Å². The summed E-state index contributed by atoms with van der Waals surface area (Å²) in [6.45, 7) is 2.54. The molecule has 0 spiro atoms. The third-order valence-electron chi connectivity index (χ3n) is 3.42. The maximum atomic E-state index is 13.2. The Morgan fingerprint density at radius 2 is 2.14 bits per heavy atom. The number of nitrogens with zero attached hydrogens (tertiary/aromatic N) is 3. The van der Waals surface area contributed by atoms with Crippen molar-refractivity contribution in [1.82, 2.24) is 20.4 Å². The van der Waals surface area contributed by atoms with E-state index in [4.69, 9.17) is 4.52 Å². The summed E-state index contributed by atoms with van der Waals surface area (Å²) in [5.74, 6) is -1.10. The smallest absolute Gasteiger partial charge is 0.258 e. The van der Waals surface area contributed by atoms with Crippen LogP contribution in [0.25, 0.3) is 11.5 Å². The van der Waals surface area contributed by atoms with Crippen LogP contribution in [-0.4, -0.2) is 41.7 Å². The van der Waals surface area contributed by atoms with Crippen molar-refractivity contribution in [2.75, 3.05) is 26.7 Å². The number of benzene rings is 1. The Morgan fingerprint density at radius 3 is 2.86 bits per heavy atom. The van der Waals surface area contributed by atoms with Gasteiger partial charge in [0.05, 0.1) is 6.04 Å². The summed E-state index contributed by atoms with van der Waals surface area (Å²) in [5.41, 5.74) is 0.370. The fourth-order valence-electron chi connectivity index (χ4n) is 2.21.